The van der Waals surface area contributed by atoms with E-state index in [9.17, 15) is 4.79 Å². The van der Waals surface area contributed by atoms with Crippen LogP contribution in [0.3, 0.4) is 0 Å². The Morgan fingerprint density at radius 1 is 1.30 bits per heavy atom. The lowest BCUT2D eigenvalue weighted by Crippen LogP contribution is -2.19. The van der Waals surface area contributed by atoms with Gasteiger partial charge in [-0.2, -0.15) is 0 Å². The van der Waals surface area contributed by atoms with Gasteiger partial charge in [0.05, 0.1) is 21.3 Å². The molecule has 3 rings (SSSR count). The lowest BCUT2D eigenvalue weighted by atomic mass is 10.3. The molecule has 2 aromatic rings. The minimum Gasteiger partial charge on any atom is -0.300 e. The van der Waals surface area contributed by atoms with Crippen LogP contribution in [-0.4, -0.2) is 16.1 Å². The van der Waals surface area contributed by atoms with Crippen LogP contribution in [0.2, 0.25) is 0 Å². The van der Waals surface area contributed by atoms with E-state index in [2.05, 4.69) is 15.3 Å². The minimum atomic E-state index is -0.129. The minimum absolute atomic E-state index is 0.129. The van der Waals surface area contributed by atoms with Crippen LogP contribution in [0, 0.1) is 6.92 Å². The Bertz CT molecular complexity index is 704. The first kappa shape index (κ1) is 13.1. The first-order chi connectivity index (χ1) is 9.70. The summed E-state index contributed by atoms with van der Waals surface area (Å²) in [7, 11) is 0. The fraction of sp³-hybridized carbons (Fsp3) is 0.0714. The zero-order chi connectivity index (χ0) is 13.9. The van der Waals surface area contributed by atoms with Gasteiger partial charge in [0.2, 0.25) is 0 Å². The number of aliphatic imine (C=N–C) groups is 1. The fourth-order valence-corrected chi connectivity index (χ4v) is 3.08. The molecule has 2 heterocycles. The van der Waals surface area contributed by atoms with E-state index in [1.54, 1.807) is 17.4 Å². The van der Waals surface area contributed by atoms with Crippen molar-refractivity contribution in [1.29, 1.82) is 0 Å². The van der Waals surface area contributed by atoms with Gasteiger partial charge in [-0.15, -0.1) is 11.3 Å². The highest BCUT2D eigenvalue weighted by molar-refractivity contribution is 8.18. The van der Waals surface area contributed by atoms with E-state index < -0.39 is 0 Å². The molecule has 0 saturated carbocycles. The maximum absolute atomic E-state index is 11.9. The number of para-hydroxylation sites is 1. The van der Waals surface area contributed by atoms with Crippen LogP contribution in [0.15, 0.2) is 45.6 Å². The summed E-state index contributed by atoms with van der Waals surface area (Å²) in [6.45, 7) is 1.94. The highest BCUT2D eigenvalue weighted by atomic mass is 32.2. The smallest absolute Gasteiger partial charge is 0.264 e. The number of thioether (sulfide) groups is 1. The molecule has 0 bridgehead atoms. The van der Waals surface area contributed by atoms with E-state index in [1.165, 1.54) is 11.8 Å². The molecule has 20 heavy (non-hydrogen) atoms. The molecule has 4 nitrogen and oxygen atoms in total. The van der Waals surface area contributed by atoms with E-state index in [-0.39, 0.29) is 5.91 Å². The summed E-state index contributed by atoms with van der Waals surface area (Å²) in [6.07, 6.45) is 1.79. The van der Waals surface area contributed by atoms with Gasteiger partial charge in [-0.3, -0.25) is 4.79 Å². The molecule has 1 amide bonds. The molecule has 0 radical (unpaired) electrons. The molecule has 1 aliphatic rings. The predicted octanol–water partition coefficient (Wildman–Crippen LogP) is 3.34. The average Bonchev–Trinajstić information content (AvgIpc) is 2.98. The molecule has 1 saturated heterocycles. The van der Waals surface area contributed by atoms with Gasteiger partial charge in [-0.1, -0.05) is 18.2 Å². The SMILES string of the molecule is Cc1nc(/C=C2\SC(=Nc3ccccc3)NC2=O)cs1. The van der Waals surface area contributed by atoms with Gasteiger partial charge in [-0.05, 0) is 36.9 Å². The summed E-state index contributed by atoms with van der Waals surface area (Å²) in [5, 5.41) is 6.28. The first-order valence-corrected chi connectivity index (χ1v) is 7.67. The Morgan fingerprint density at radius 3 is 2.80 bits per heavy atom. The summed E-state index contributed by atoms with van der Waals surface area (Å²) in [4.78, 5) is 21.2. The van der Waals surface area contributed by atoms with Crippen LogP contribution in [0.5, 0.6) is 0 Å². The lowest BCUT2D eigenvalue weighted by Gasteiger charge is -1.94. The highest BCUT2D eigenvalue weighted by Crippen LogP contribution is 2.28. The number of hydrogen-bond donors (Lipinski definition) is 1. The molecule has 0 atom stereocenters. The zero-order valence-corrected chi connectivity index (χ0v) is 12.3. The number of rotatable bonds is 2. The fourth-order valence-electron chi connectivity index (χ4n) is 1.68. The zero-order valence-electron chi connectivity index (χ0n) is 10.7. The molecule has 1 fully saturated rings. The van der Waals surface area contributed by atoms with Crippen molar-refractivity contribution >= 4 is 45.9 Å². The molecule has 0 aliphatic carbocycles. The molecule has 0 spiro atoms. The normalized spacial score (nSPS) is 18.8. The number of carbonyl (C=O) groups excluding carboxylic acids is 1. The molecule has 0 unspecified atom stereocenters. The van der Waals surface area contributed by atoms with Crippen LogP contribution >= 0.6 is 23.1 Å². The monoisotopic (exact) mass is 301 g/mol. The molecular weight excluding hydrogens is 290 g/mol. The summed E-state index contributed by atoms with van der Waals surface area (Å²) in [5.41, 5.74) is 1.63. The second-order valence-electron chi connectivity index (χ2n) is 4.11. The maximum Gasteiger partial charge on any atom is 0.264 e. The van der Waals surface area contributed by atoms with Crippen molar-refractivity contribution in [1.82, 2.24) is 10.3 Å². The van der Waals surface area contributed by atoms with Crippen molar-refractivity contribution < 1.29 is 4.79 Å². The molecular formula is C14H11N3OS2. The number of nitrogens with one attached hydrogen (secondary N) is 1. The van der Waals surface area contributed by atoms with Crippen molar-refractivity contribution in [2.45, 2.75) is 6.92 Å². The Kier molecular flexibility index (Phi) is 3.66. The summed E-state index contributed by atoms with van der Waals surface area (Å²) in [6, 6.07) is 9.54. The maximum atomic E-state index is 11.9. The van der Waals surface area contributed by atoms with Crippen molar-refractivity contribution in [3.63, 3.8) is 0 Å². The van der Waals surface area contributed by atoms with Gasteiger partial charge in [0.25, 0.3) is 5.91 Å². The number of hydrogen-bond acceptors (Lipinski definition) is 5. The standard InChI is InChI=1S/C14H11N3OS2/c1-9-15-11(8-19-9)7-12-13(18)17-14(20-12)16-10-5-3-2-4-6-10/h2-8H,1H3,(H,16,17,18)/b12-7-. The quantitative estimate of drug-likeness (QED) is 0.866. The third-order valence-corrected chi connectivity index (χ3v) is 4.26. The number of carbonyl (C=O) groups is 1. The van der Waals surface area contributed by atoms with Crippen LogP contribution in [0.4, 0.5) is 5.69 Å². The highest BCUT2D eigenvalue weighted by Gasteiger charge is 2.24. The number of amidine groups is 1. The Morgan fingerprint density at radius 2 is 2.10 bits per heavy atom. The second kappa shape index (κ2) is 5.60. The Labute approximate surface area is 124 Å². The van der Waals surface area contributed by atoms with E-state index in [1.807, 2.05) is 42.6 Å². The van der Waals surface area contributed by atoms with Crippen molar-refractivity contribution in [2.24, 2.45) is 4.99 Å². The number of benzene rings is 1. The average molecular weight is 301 g/mol. The van der Waals surface area contributed by atoms with Crippen molar-refractivity contribution in [3.8, 4) is 0 Å². The van der Waals surface area contributed by atoms with E-state index in [0.717, 1.165) is 16.4 Å². The second-order valence-corrected chi connectivity index (χ2v) is 6.20. The Balaban J connectivity index is 1.82. The van der Waals surface area contributed by atoms with Gasteiger partial charge in [0.15, 0.2) is 5.17 Å². The number of aromatic nitrogens is 1. The van der Waals surface area contributed by atoms with E-state index in [4.69, 9.17) is 0 Å². The van der Waals surface area contributed by atoms with Gasteiger partial charge < -0.3 is 5.32 Å². The molecule has 1 aromatic heterocycles. The number of thiazole rings is 1. The third kappa shape index (κ3) is 2.97. The van der Waals surface area contributed by atoms with Gasteiger partial charge in [0, 0.05) is 5.38 Å². The molecule has 1 N–H and O–H groups in total. The largest absolute Gasteiger partial charge is 0.300 e. The van der Waals surface area contributed by atoms with Crippen LogP contribution < -0.4 is 5.32 Å². The van der Waals surface area contributed by atoms with Crippen molar-refractivity contribution in [2.75, 3.05) is 0 Å². The summed E-state index contributed by atoms with van der Waals surface area (Å²) < 4.78 is 0. The van der Waals surface area contributed by atoms with E-state index in [0.29, 0.717) is 10.1 Å². The summed E-state index contributed by atoms with van der Waals surface area (Å²) >= 11 is 2.90. The molecule has 100 valence electrons. The van der Waals surface area contributed by atoms with Crippen LogP contribution in [0.1, 0.15) is 10.7 Å². The van der Waals surface area contributed by atoms with Crippen LogP contribution in [0.25, 0.3) is 6.08 Å². The first-order valence-electron chi connectivity index (χ1n) is 5.97. The Hall–Kier alpha value is -1.92. The number of aryl methyl sites for hydroxylation is 1. The number of amides is 1. The third-order valence-electron chi connectivity index (χ3n) is 2.55. The van der Waals surface area contributed by atoms with E-state index >= 15 is 0 Å². The van der Waals surface area contributed by atoms with Gasteiger partial charge in [0.1, 0.15) is 0 Å². The number of nitrogens with zero attached hydrogens (tertiary/aromatic N) is 2. The van der Waals surface area contributed by atoms with Gasteiger partial charge in [-0.25, -0.2) is 9.98 Å². The molecule has 6 heteroatoms. The topological polar surface area (TPSA) is 54.4 Å². The molecule has 1 aliphatic heterocycles. The lowest BCUT2D eigenvalue weighted by molar-refractivity contribution is -0.115. The van der Waals surface area contributed by atoms with Gasteiger partial charge >= 0.3 is 0 Å². The summed E-state index contributed by atoms with van der Waals surface area (Å²) in [5.74, 6) is -0.129. The van der Waals surface area contributed by atoms with Crippen LogP contribution in [-0.2, 0) is 4.79 Å². The van der Waals surface area contributed by atoms with Crippen molar-refractivity contribution in [3.05, 3.63) is 51.3 Å². The molecule has 1 aromatic carbocycles. The predicted molar refractivity (Wildman–Crippen MR) is 84.1 cm³/mol.